The zero-order valence-electron chi connectivity index (χ0n) is 8.18. The molecule has 5 heteroatoms. The molecule has 1 unspecified atom stereocenters. The molecule has 0 aliphatic carbocycles. The van der Waals surface area contributed by atoms with Crippen LogP contribution in [0.3, 0.4) is 0 Å². The van der Waals surface area contributed by atoms with E-state index in [2.05, 4.69) is 15.3 Å². The lowest BCUT2D eigenvalue weighted by Crippen LogP contribution is -2.18. The zero-order valence-corrected chi connectivity index (χ0v) is 8.18. The third-order valence-electron chi connectivity index (χ3n) is 1.69. The van der Waals surface area contributed by atoms with E-state index in [0.717, 1.165) is 0 Å². The molecule has 5 nitrogen and oxygen atoms in total. The van der Waals surface area contributed by atoms with Gasteiger partial charge in [0.2, 0.25) is 5.95 Å². The van der Waals surface area contributed by atoms with Crippen LogP contribution in [0.5, 0.6) is 0 Å². The molecule has 14 heavy (non-hydrogen) atoms. The molecule has 0 aliphatic rings. The first-order chi connectivity index (χ1) is 6.83. The molecule has 0 spiro atoms. The van der Waals surface area contributed by atoms with Crippen LogP contribution in [0.4, 0.5) is 5.95 Å². The molecule has 1 atom stereocenters. The normalized spacial score (nSPS) is 12.4. The minimum atomic E-state index is -0.434. The topological polar surface area (TPSA) is 67.3 Å². The van der Waals surface area contributed by atoms with Crippen molar-refractivity contribution in [2.75, 3.05) is 25.6 Å². The Morgan fingerprint density at radius 2 is 2.21 bits per heavy atom. The van der Waals surface area contributed by atoms with Gasteiger partial charge in [-0.2, -0.15) is 0 Å². The molecule has 1 heterocycles. The molecule has 0 bridgehead atoms. The van der Waals surface area contributed by atoms with Crippen molar-refractivity contribution in [1.82, 2.24) is 9.97 Å². The lowest BCUT2D eigenvalue weighted by Gasteiger charge is -2.09. The Labute approximate surface area is 83.2 Å². The third kappa shape index (κ3) is 4.15. The largest absolute Gasteiger partial charge is 0.391 e. The highest BCUT2D eigenvalue weighted by Crippen LogP contribution is 1.96. The van der Waals surface area contributed by atoms with Crippen LogP contribution in [0.25, 0.3) is 0 Å². The zero-order chi connectivity index (χ0) is 10.2. The van der Waals surface area contributed by atoms with Crippen molar-refractivity contribution in [3.8, 4) is 0 Å². The van der Waals surface area contributed by atoms with Crippen molar-refractivity contribution < 1.29 is 9.84 Å². The second kappa shape index (κ2) is 6.28. The first kappa shape index (κ1) is 10.9. The lowest BCUT2D eigenvalue weighted by molar-refractivity contribution is 0.0615. The lowest BCUT2D eigenvalue weighted by atomic mass is 10.3. The van der Waals surface area contributed by atoms with Crippen LogP contribution in [-0.4, -0.2) is 41.4 Å². The molecular weight excluding hydrogens is 182 g/mol. The Kier molecular flexibility index (Phi) is 4.88. The second-order valence-corrected chi connectivity index (χ2v) is 2.90. The number of ether oxygens (including phenoxy) is 1. The summed E-state index contributed by atoms with van der Waals surface area (Å²) in [4.78, 5) is 7.97. The Balaban J connectivity index is 2.16. The standard InChI is InChI=1S/C9H15N3O2/c1-14-7-8(13)3-6-12-9-10-4-2-5-11-9/h2,4-5,8,13H,3,6-7H2,1H3,(H,10,11,12). The first-order valence-electron chi connectivity index (χ1n) is 4.51. The summed E-state index contributed by atoms with van der Waals surface area (Å²) in [6.45, 7) is 0.992. The monoisotopic (exact) mass is 197 g/mol. The van der Waals surface area contributed by atoms with Crippen molar-refractivity contribution in [1.29, 1.82) is 0 Å². The molecule has 0 radical (unpaired) electrons. The summed E-state index contributed by atoms with van der Waals surface area (Å²) in [6, 6.07) is 1.75. The van der Waals surface area contributed by atoms with Crippen LogP contribution in [0.2, 0.25) is 0 Å². The quantitative estimate of drug-likeness (QED) is 0.686. The van der Waals surface area contributed by atoms with Crippen LogP contribution < -0.4 is 5.32 Å². The maximum Gasteiger partial charge on any atom is 0.222 e. The molecule has 0 fully saturated rings. The SMILES string of the molecule is COCC(O)CCNc1ncccn1. The van der Waals surface area contributed by atoms with Gasteiger partial charge < -0.3 is 15.2 Å². The molecule has 1 aromatic rings. The van der Waals surface area contributed by atoms with E-state index < -0.39 is 6.10 Å². The molecule has 1 aromatic heterocycles. The first-order valence-corrected chi connectivity index (χ1v) is 4.51. The van der Waals surface area contributed by atoms with Crippen molar-refractivity contribution in [3.63, 3.8) is 0 Å². The summed E-state index contributed by atoms with van der Waals surface area (Å²) in [7, 11) is 1.57. The highest BCUT2D eigenvalue weighted by molar-refractivity contribution is 5.21. The number of aliphatic hydroxyl groups excluding tert-OH is 1. The fraction of sp³-hybridized carbons (Fsp3) is 0.556. The highest BCUT2D eigenvalue weighted by Gasteiger charge is 2.02. The van der Waals surface area contributed by atoms with Crippen molar-refractivity contribution in [3.05, 3.63) is 18.5 Å². The minimum absolute atomic E-state index is 0.358. The number of aromatic nitrogens is 2. The Bertz CT molecular complexity index is 243. The van der Waals surface area contributed by atoms with Crippen LogP contribution in [-0.2, 0) is 4.74 Å². The number of aliphatic hydroxyl groups is 1. The smallest absolute Gasteiger partial charge is 0.222 e. The van der Waals surface area contributed by atoms with Crippen LogP contribution in [0.15, 0.2) is 18.5 Å². The molecule has 0 saturated heterocycles. The van der Waals surface area contributed by atoms with Gasteiger partial charge in [0.25, 0.3) is 0 Å². The Morgan fingerprint density at radius 3 is 2.86 bits per heavy atom. The predicted octanol–water partition coefficient (Wildman–Crippen LogP) is 0.286. The van der Waals surface area contributed by atoms with E-state index in [1.54, 1.807) is 25.6 Å². The van der Waals surface area contributed by atoms with E-state index in [-0.39, 0.29) is 0 Å². The summed E-state index contributed by atoms with van der Waals surface area (Å²) < 4.78 is 4.80. The highest BCUT2D eigenvalue weighted by atomic mass is 16.5. The Hall–Kier alpha value is -1.20. The molecule has 0 aliphatic heterocycles. The van der Waals surface area contributed by atoms with Gasteiger partial charge in [-0.05, 0) is 12.5 Å². The van der Waals surface area contributed by atoms with Gasteiger partial charge >= 0.3 is 0 Å². The number of hydrogen-bond donors (Lipinski definition) is 2. The van der Waals surface area contributed by atoms with E-state index >= 15 is 0 Å². The fourth-order valence-electron chi connectivity index (χ4n) is 1.02. The van der Waals surface area contributed by atoms with Crippen molar-refractivity contribution >= 4 is 5.95 Å². The number of nitrogens with zero attached hydrogens (tertiary/aromatic N) is 2. The number of methoxy groups -OCH3 is 1. The maximum atomic E-state index is 9.32. The summed E-state index contributed by atoms with van der Waals surface area (Å²) in [5, 5.41) is 12.3. The van der Waals surface area contributed by atoms with Gasteiger partial charge in [-0.25, -0.2) is 9.97 Å². The summed E-state index contributed by atoms with van der Waals surface area (Å²) in [5.74, 6) is 0.581. The van der Waals surface area contributed by atoms with Gasteiger partial charge in [0.15, 0.2) is 0 Å². The number of rotatable bonds is 6. The van der Waals surface area contributed by atoms with Crippen LogP contribution in [0.1, 0.15) is 6.42 Å². The van der Waals surface area contributed by atoms with Gasteiger partial charge in [0.1, 0.15) is 0 Å². The van der Waals surface area contributed by atoms with Gasteiger partial charge in [-0.3, -0.25) is 0 Å². The predicted molar refractivity (Wildman–Crippen MR) is 53.0 cm³/mol. The van der Waals surface area contributed by atoms with E-state index in [1.165, 1.54) is 0 Å². The van der Waals surface area contributed by atoms with Gasteiger partial charge in [-0.1, -0.05) is 0 Å². The van der Waals surface area contributed by atoms with Gasteiger partial charge in [-0.15, -0.1) is 0 Å². The van der Waals surface area contributed by atoms with Gasteiger partial charge in [0.05, 0.1) is 12.7 Å². The molecule has 1 rings (SSSR count). The number of nitrogens with one attached hydrogen (secondary N) is 1. The van der Waals surface area contributed by atoms with Crippen molar-refractivity contribution in [2.24, 2.45) is 0 Å². The van der Waals surface area contributed by atoms with E-state index in [0.29, 0.717) is 25.5 Å². The molecule has 2 N–H and O–H groups in total. The van der Waals surface area contributed by atoms with Gasteiger partial charge in [0, 0.05) is 26.0 Å². The average molecular weight is 197 g/mol. The number of hydrogen-bond acceptors (Lipinski definition) is 5. The van der Waals surface area contributed by atoms with Crippen molar-refractivity contribution in [2.45, 2.75) is 12.5 Å². The molecule has 0 amide bonds. The summed E-state index contributed by atoms with van der Waals surface area (Å²) in [5.41, 5.74) is 0. The van der Waals surface area contributed by atoms with E-state index in [4.69, 9.17) is 4.74 Å². The maximum absolute atomic E-state index is 9.32. The fourth-order valence-corrected chi connectivity index (χ4v) is 1.02. The van der Waals surface area contributed by atoms with E-state index in [1.807, 2.05) is 0 Å². The summed E-state index contributed by atoms with van der Waals surface area (Å²) >= 11 is 0. The molecule has 78 valence electrons. The number of anilines is 1. The average Bonchev–Trinajstić information content (AvgIpc) is 2.20. The third-order valence-corrected chi connectivity index (χ3v) is 1.69. The second-order valence-electron chi connectivity index (χ2n) is 2.90. The van der Waals surface area contributed by atoms with E-state index in [9.17, 15) is 5.11 Å². The minimum Gasteiger partial charge on any atom is -0.391 e. The van der Waals surface area contributed by atoms with Crippen LogP contribution in [0, 0.1) is 0 Å². The van der Waals surface area contributed by atoms with Crippen LogP contribution >= 0.6 is 0 Å². The molecule has 0 aromatic carbocycles. The molecular formula is C9H15N3O2. The Morgan fingerprint density at radius 1 is 1.50 bits per heavy atom. The summed E-state index contributed by atoms with van der Waals surface area (Å²) in [6.07, 6.45) is 3.52. The molecule has 0 saturated carbocycles.